The summed E-state index contributed by atoms with van der Waals surface area (Å²) < 4.78 is 27.3. The lowest BCUT2D eigenvalue weighted by atomic mass is 9.75. The van der Waals surface area contributed by atoms with E-state index in [1.165, 1.54) is 26.0 Å². The number of nitrogens with one attached hydrogen (secondary N) is 1. The van der Waals surface area contributed by atoms with Gasteiger partial charge < -0.3 is 49.3 Å². The number of ether oxygens (including phenoxy) is 4. The molecule has 356 valence electrons. The third-order valence-corrected chi connectivity index (χ3v) is 13.9. The number of rotatable bonds is 13. The standard InChI is InChI=1S/C45H69N7O12/c1-9-36-45(7,57)40(55)27(3)37(48-64-34-11-10-18-46-23-34)31-22-44(6,60-25-31)41(28(4)38(53)29(5)42(56)62-36)63-43-39(54)35(21-26(2)61-43)50(8)19-17-32-24-51(49-47-32)20-16-30-12-14-33(15-13-30)52(58)59/h12-15,24,26-29,31,34-36,39-41,43,46,54-55,57H,9-11,16-23,25H2,1-8H3/b48-37-/t26-,27+,28+,29-,31+,34-,35+,36-,39-,40-,41-,43+,44-,45-/m1/s1. The molecule has 1 aromatic heterocycles. The third-order valence-electron chi connectivity index (χ3n) is 13.9. The van der Waals surface area contributed by atoms with E-state index < -0.39 is 88.3 Å². The smallest absolute Gasteiger partial charge is 0.316 e. The van der Waals surface area contributed by atoms with E-state index in [-0.39, 0.29) is 37.3 Å². The SMILES string of the molecule is CC[C@H]1OC(=O)[C@H](C)C(=O)[C@H](C)[C@@H](O[C@@H]2O[C@H](C)C[C@H](N(C)CCc3cn(CCc4ccc([N+](=O)[O-])cc4)nn3)[C@H]2O)[C@@]2(C)C[C@@H](CO2)/C(=N\O[C@@H]2CCCNC2)[C@H](C)[C@@H](O)[C@]1(C)O. The summed E-state index contributed by atoms with van der Waals surface area (Å²) in [6.07, 6.45) is -0.746. The maximum absolute atomic E-state index is 14.4. The molecular formula is C45H69N7O12. The molecule has 2 aromatic rings. The van der Waals surface area contributed by atoms with Gasteiger partial charge in [-0.2, -0.15) is 0 Å². The normalized spacial score (nSPS) is 37.3. The summed E-state index contributed by atoms with van der Waals surface area (Å²) in [5.74, 6) is -4.70. The molecule has 1 aromatic carbocycles. The third kappa shape index (κ3) is 11.3. The van der Waals surface area contributed by atoms with E-state index in [0.29, 0.717) is 44.6 Å². The molecule has 4 fully saturated rings. The summed E-state index contributed by atoms with van der Waals surface area (Å²) in [4.78, 5) is 46.8. The van der Waals surface area contributed by atoms with Crippen LogP contribution in [0.15, 0.2) is 35.6 Å². The minimum absolute atomic E-state index is 0.0419. The van der Waals surface area contributed by atoms with Crippen LogP contribution in [0.3, 0.4) is 0 Å². The van der Waals surface area contributed by atoms with Crippen molar-refractivity contribution in [3.63, 3.8) is 0 Å². The van der Waals surface area contributed by atoms with E-state index in [0.717, 1.165) is 30.6 Å². The Kier molecular flexibility index (Phi) is 16.3. The van der Waals surface area contributed by atoms with Crippen molar-refractivity contribution in [2.45, 2.75) is 160 Å². The summed E-state index contributed by atoms with van der Waals surface area (Å²) >= 11 is 0. The highest BCUT2D eigenvalue weighted by atomic mass is 16.7. The number of carbonyl (C=O) groups is 2. The van der Waals surface area contributed by atoms with Gasteiger partial charge >= 0.3 is 5.97 Å². The van der Waals surface area contributed by atoms with Crippen molar-refractivity contribution in [3.8, 4) is 0 Å². The number of cyclic esters (lactones) is 1. The Balaban J connectivity index is 1.20. The molecule has 0 unspecified atom stereocenters. The molecule has 4 N–H and O–H groups in total. The average Bonchev–Trinajstić information content (AvgIpc) is 3.92. The van der Waals surface area contributed by atoms with Gasteiger partial charge in [0.05, 0.1) is 46.8 Å². The second kappa shape index (κ2) is 21.1. The number of likely N-dealkylation sites (N-methyl/N-ethyl adjacent to an activating group) is 1. The zero-order valence-corrected chi connectivity index (χ0v) is 38.5. The van der Waals surface area contributed by atoms with Crippen LogP contribution in [0, 0.1) is 33.8 Å². The van der Waals surface area contributed by atoms with Crippen molar-refractivity contribution < 1.29 is 53.6 Å². The maximum Gasteiger partial charge on any atom is 0.316 e. The van der Waals surface area contributed by atoms with Gasteiger partial charge in [-0.3, -0.25) is 24.4 Å². The van der Waals surface area contributed by atoms with Crippen molar-refractivity contribution in [1.29, 1.82) is 0 Å². The number of esters is 1. The van der Waals surface area contributed by atoms with E-state index in [1.54, 1.807) is 37.6 Å². The van der Waals surface area contributed by atoms with Crippen LogP contribution in [0.1, 0.15) is 91.8 Å². The fourth-order valence-electron chi connectivity index (χ4n) is 9.80. The van der Waals surface area contributed by atoms with Crippen molar-refractivity contribution in [1.82, 2.24) is 25.2 Å². The topological polar surface area (TPSA) is 242 Å². The number of benzene rings is 1. The first-order valence-electron chi connectivity index (χ1n) is 22.9. The zero-order valence-electron chi connectivity index (χ0n) is 38.5. The maximum atomic E-state index is 14.4. The zero-order chi connectivity index (χ0) is 46.5. The predicted octanol–water partition coefficient (Wildman–Crippen LogP) is 3.00. The van der Waals surface area contributed by atoms with Crippen molar-refractivity contribution in [2.24, 2.45) is 28.8 Å². The van der Waals surface area contributed by atoms with Gasteiger partial charge in [0.15, 0.2) is 12.1 Å². The van der Waals surface area contributed by atoms with Crippen LogP contribution >= 0.6 is 0 Å². The molecule has 19 heteroatoms. The summed E-state index contributed by atoms with van der Waals surface area (Å²) in [6, 6.07) is 6.04. The summed E-state index contributed by atoms with van der Waals surface area (Å²) in [5.41, 5.74) is -0.858. The first-order valence-corrected chi connectivity index (χ1v) is 22.9. The van der Waals surface area contributed by atoms with E-state index >= 15 is 0 Å². The van der Waals surface area contributed by atoms with Crippen LogP contribution in [0.2, 0.25) is 0 Å². The summed E-state index contributed by atoms with van der Waals surface area (Å²) in [5, 5.41) is 63.3. The number of ketones is 1. The van der Waals surface area contributed by atoms with E-state index in [1.807, 2.05) is 32.0 Å². The molecule has 5 heterocycles. The quantitative estimate of drug-likeness (QED) is 0.0978. The highest BCUT2D eigenvalue weighted by Crippen LogP contribution is 2.43. The first-order chi connectivity index (χ1) is 30.3. The summed E-state index contributed by atoms with van der Waals surface area (Å²) in [6.45, 7) is 14.5. The van der Waals surface area contributed by atoms with Gasteiger partial charge in [-0.05, 0) is 85.4 Å². The van der Waals surface area contributed by atoms with Crippen LogP contribution in [0.4, 0.5) is 5.69 Å². The minimum Gasteiger partial charge on any atom is -0.459 e. The molecule has 0 radical (unpaired) electrons. The fourth-order valence-corrected chi connectivity index (χ4v) is 9.80. The first kappa shape index (κ1) is 49.5. The number of piperidine rings is 1. The molecule has 64 heavy (non-hydrogen) atoms. The lowest BCUT2D eigenvalue weighted by Crippen LogP contribution is -2.59. The highest BCUT2D eigenvalue weighted by molar-refractivity contribution is 6.00. The van der Waals surface area contributed by atoms with Crippen LogP contribution < -0.4 is 5.32 Å². The number of fused-ring (bicyclic) bond motifs is 2. The number of aliphatic hydroxyl groups excluding tert-OH is 2. The molecule has 0 amide bonds. The van der Waals surface area contributed by atoms with Crippen LogP contribution in [-0.4, -0.2) is 151 Å². The average molecular weight is 900 g/mol. The van der Waals surface area contributed by atoms with Crippen molar-refractivity contribution in [3.05, 3.63) is 51.8 Å². The largest absolute Gasteiger partial charge is 0.459 e. The number of hydrogen-bond acceptors (Lipinski definition) is 17. The van der Waals surface area contributed by atoms with Gasteiger partial charge in [-0.15, -0.1) is 5.10 Å². The number of nitrogens with zero attached hydrogens (tertiary/aromatic N) is 6. The number of aromatic nitrogens is 3. The highest BCUT2D eigenvalue weighted by Gasteiger charge is 2.55. The fraction of sp³-hybridized carbons (Fsp3) is 0.756. The molecule has 2 bridgehead atoms. The number of nitro benzene ring substituents is 1. The van der Waals surface area contributed by atoms with Gasteiger partial charge in [-0.25, -0.2) is 0 Å². The number of aliphatic hydroxyl groups is 3. The number of nitro groups is 1. The number of Topliss-reactive ketones (excluding diaryl/α,β-unsaturated/α-hetero) is 1. The van der Waals surface area contributed by atoms with Crippen molar-refractivity contribution in [2.75, 3.05) is 33.3 Å². The molecule has 6 rings (SSSR count). The van der Waals surface area contributed by atoms with Gasteiger partial charge in [0, 0.05) is 68.2 Å². The molecule has 0 spiro atoms. The molecule has 4 saturated heterocycles. The Morgan fingerprint density at radius 2 is 1.84 bits per heavy atom. The van der Waals surface area contributed by atoms with Gasteiger partial charge in [0.25, 0.3) is 5.69 Å². The van der Waals surface area contributed by atoms with Crippen LogP contribution in [0.5, 0.6) is 0 Å². The number of aryl methyl sites for hydroxylation is 2. The number of non-ortho nitro benzene ring substituents is 1. The molecule has 0 saturated carbocycles. The Bertz CT molecular complexity index is 1920. The van der Waals surface area contributed by atoms with Crippen molar-refractivity contribution >= 4 is 23.2 Å². The molecular weight excluding hydrogens is 831 g/mol. The number of oxime groups is 1. The summed E-state index contributed by atoms with van der Waals surface area (Å²) in [7, 11) is 1.91. The molecule has 0 aliphatic carbocycles. The number of carbonyl (C=O) groups excluding carboxylic acids is 2. The van der Waals surface area contributed by atoms with Crippen LogP contribution in [-0.2, 0) is 52.8 Å². The number of hydrogen-bond donors (Lipinski definition) is 4. The van der Waals surface area contributed by atoms with Crippen LogP contribution in [0.25, 0.3) is 0 Å². The van der Waals surface area contributed by atoms with E-state index in [4.69, 9.17) is 23.8 Å². The second-order valence-electron chi connectivity index (χ2n) is 18.9. The monoisotopic (exact) mass is 900 g/mol. The van der Waals surface area contributed by atoms with E-state index in [2.05, 4.69) is 20.8 Å². The van der Waals surface area contributed by atoms with Gasteiger partial charge in [0.1, 0.15) is 29.8 Å². The molecule has 4 aliphatic heterocycles. The molecule has 4 aliphatic rings. The predicted molar refractivity (Wildman–Crippen MR) is 233 cm³/mol. The minimum atomic E-state index is -1.91. The van der Waals surface area contributed by atoms with Gasteiger partial charge in [-0.1, -0.05) is 43.3 Å². The Morgan fingerprint density at radius 3 is 2.52 bits per heavy atom. The molecule has 19 nitrogen and oxygen atoms in total. The lowest BCUT2D eigenvalue weighted by Gasteiger charge is -2.46. The Hall–Kier alpha value is -3.95. The second-order valence-corrected chi connectivity index (χ2v) is 18.9. The lowest BCUT2D eigenvalue weighted by molar-refractivity contribution is -0.384. The van der Waals surface area contributed by atoms with Gasteiger partial charge in [0.2, 0.25) is 0 Å². The Labute approximate surface area is 375 Å². The Morgan fingerprint density at radius 1 is 1.11 bits per heavy atom. The molecule has 14 atom stereocenters. The van der Waals surface area contributed by atoms with E-state index in [9.17, 15) is 35.0 Å².